The Morgan fingerprint density at radius 2 is 0.422 bits per heavy atom. The van der Waals surface area contributed by atoms with E-state index in [2.05, 4.69) is 198 Å². The molecule has 0 amide bonds. The molecular formula is C60H56O4. The summed E-state index contributed by atoms with van der Waals surface area (Å²) in [5.74, 6) is 3.60. The number of para-hydroxylation sites is 4. The van der Waals surface area contributed by atoms with Crippen LogP contribution < -0.4 is 18.9 Å². The van der Waals surface area contributed by atoms with Crippen molar-refractivity contribution in [1.82, 2.24) is 0 Å². The third-order valence-corrected chi connectivity index (χ3v) is 12.3. The molecule has 8 aromatic carbocycles. The first-order valence-electron chi connectivity index (χ1n) is 22.5. The molecule has 1 aliphatic carbocycles. The minimum atomic E-state index is 0.456. The van der Waals surface area contributed by atoms with E-state index in [1.165, 1.54) is 22.3 Å². The van der Waals surface area contributed by atoms with Crippen LogP contribution in [0.3, 0.4) is 0 Å². The topological polar surface area (TPSA) is 36.9 Å². The molecule has 0 aromatic heterocycles. The molecule has 320 valence electrons. The van der Waals surface area contributed by atoms with E-state index in [1.54, 1.807) is 0 Å². The minimum absolute atomic E-state index is 0.456. The fourth-order valence-corrected chi connectivity index (χ4v) is 8.59. The highest BCUT2D eigenvalue weighted by atomic mass is 16.5. The van der Waals surface area contributed by atoms with Crippen LogP contribution in [0.15, 0.2) is 170 Å². The van der Waals surface area contributed by atoms with Gasteiger partial charge in [-0.1, -0.05) is 192 Å². The van der Waals surface area contributed by atoms with E-state index in [0.29, 0.717) is 52.1 Å². The first kappa shape index (κ1) is 42.3. The molecule has 8 bridgehead atoms. The van der Waals surface area contributed by atoms with Gasteiger partial charge in [0, 0.05) is 25.7 Å². The van der Waals surface area contributed by atoms with Crippen LogP contribution >= 0.6 is 0 Å². The van der Waals surface area contributed by atoms with E-state index in [-0.39, 0.29) is 0 Å². The van der Waals surface area contributed by atoms with Crippen molar-refractivity contribution in [2.45, 2.75) is 79.8 Å². The number of ether oxygens (including phenoxy) is 4. The first-order chi connectivity index (χ1) is 31.3. The van der Waals surface area contributed by atoms with Crippen LogP contribution in [0.5, 0.6) is 23.0 Å². The summed E-state index contributed by atoms with van der Waals surface area (Å²) in [6.45, 7) is 10.3. The second-order valence-corrected chi connectivity index (χ2v) is 17.4. The normalized spacial score (nSPS) is 12.1. The predicted octanol–water partition coefficient (Wildman–Crippen LogP) is 13.9. The summed E-state index contributed by atoms with van der Waals surface area (Å²) in [4.78, 5) is 0. The van der Waals surface area contributed by atoms with Crippen molar-refractivity contribution < 1.29 is 18.9 Å². The number of hydrogen-bond donors (Lipinski definition) is 0. The van der Waals surface area contributed by atoms with Crippen LogP contribution in [0, 0.1) is 27.7 Å². The highest BCUT2D eigenvalue weighted by Crippen LogP contribution is 2.40. The minimum Gasteiger partial charge on any atom is -0.488 e. The molecule has 0 saturated heterocycles. The largest absolute Gasteiger partial charge is 0.488 e. The molecule has 8 aromatic rings. The average Bonchev–Trinajstić information content (AvgIpc) is 3.30. The fraction of sp³-hybridized carbons (Fsp3) is 0.200. The van der Waals surface area contributed by atoms with Gasteiger partial charge in [-0.25, -0.2) is 0 Å². The lowest BCUT2D eigenvalue weighted by atomic mass is 9.91. The molecule has 0 radical (unpaired) electrons. The zero-order valence-corrected chi connectivity index (χ0v) is 37.5. The monoisotopic (exact) mass is 840 g/mol. The van der Waals surface area contributed by atoms with Crippen molar-refractivity contribution in [1.29, 1.82) is 0 Å². The lowest BCUT2D eigenvalue weighted by molar-refractivity contribution is 0.293. The second kappa shape index (κ2) is 19.6. The first-order valence-corrected chi connectivity index (χ1v) is 22.5. The van der Waals surface area contributed by atoms with E-state index < -0.39 is 0 Å². The second-order valence-electron chi connectivity index (χ2n) is 17.4. The van der Waals surface area contributed by atoms with E-state index >= 15 is 0 Å². The molecule has 64 heavy (non-hydrogen) atoms. The van der Waals surface area contributed by atoms with Crippen molar-refractivity contribution in [2.75, 3.05) is 0 Å². The highest BCUT2D eigenvalue weighted by Gasteiger charge is 2.22. The van der Waals surface area contributed by atoms with Gasteiger partial charge in [-0.05, 0) is 94.5 Å². The van der Waals surface area contributed by atoms with E-state index in [4.69, 9.17) is 18.9 Å². The van der Waals surface area contributed by atoms with E-state index in [9.17, 15) is 0 Å². The SMILES string of the molecule is Cc1ccc(COc2c3cccc2Cc2cccc(c2OCc2ccc(C)cc2)Cc2cccc(c2OCc2ccc(C)cc2)Cc2cccc(c2OCc2ccc(C)cc2)C3)cc1. The van der Waals surface area contributed by atoms with Crippen LogP contribution in [0.4, 0.5) is 0 Å². The number of rotatable bonds is 12. The molecule has 0 saturated carbocycles. The Hall–Kier alpha value is -7.04. The third kappa shape index (κ3) is 10.2. The summed E-state index contributed by atoms with van der Waals surface area (Å²) in [6.07, 6.45) is 2.51. The number of aryl methyl sites for hydroxylation is 4. The van der Waals surface area contributed by atoms with Gasteiger partial charge in [-0.3, -0.25) is 0 Å². The molecule has 1 aliphatic rings. The molecule has 4 nitrogen and oxygen atoms in total. The van der Waals surface area contributed by atoms with Crippen molar-refractivity contribution in [3.63, 3.8) is 0 Å². The lowest BCUT2D eigenvalue weighted by Crippen LogP contribution is -2.09. The van der Waals surface area contributed by atoms with Crippen LogP contribution in [-0.2, 0) is 52.1 Å². The summed E-state index contributed by atoms with van der Waals surface area (Å²) in [5.41, 5.74) is 18.3. The molecule has 0 fully saturated rings. The summed E-state index contributed by atoms with van der Waals surface area (Å²) in [6, 6.07) is 60.8. The number of benzene rings is 8. The van der Waals surface area contributed by atoms with Gasteiger partial charge >= 0.3 is 0 Å². The molecule has 0 aliphatic heterocycles. The van der Waals surface area contributed by atoms with Gasteiger partial charge < -0.3 is 18.9 Å². The maximum Gasteiger partial charge on any atom is 0.126 e. The highest BCUT2D eigenvalue weighted by molar-refractivity contribution is 5.56. The maximum atomic E-state index is 6.97. The molecule has 0 atom stereocenters. The fourth-order valence-electron chi connectivity index (χ4n) is 8.59. The van der Waals surface area contributed by atoms with Crippen LogP contribution in [0.25, 0.3) is 0 Å². The Labute approximate surface area is 379 Å². The smallest absolute Gasteiger partial charge is 0.126 e. The zero-order chi connectivity index (χ0) is 43.8. The van der Waals surface area contributed by atoms with Gasteiger partial charge in [0.25, 0.3) is 0 Å². The van der Waals surface area contributed by atoms with Crippen molar-refractivity contribution >= 4 is 0 Å². The van der Waals surface area contributed by atoms with Crippen LogP contribution in [0.1, 0.15) is 89.0 Å². The van der Waals surface area contributed by atoms with Gasteiger partial charge in [0.2, 0.25) is 0 Å². The number of fused-ring (bicyclic) bond motifs is 8. The quantitative estimate of drug-likeness (QED) is 0.123. The predicted molar refractivity (Wildman–Crippen MR) is 259 cm³/mol. The Balaban J connectivity index is 1.19. The van der Waals surface area contributed by atoms with E-state index in [1.807, 2.05) is 0 Å². The Morgan fingerprint density at radius 3 is 0.594 bits per heavy atom. The van der Waals surface area contributed by atoms with Gasteiger partial charge in [0.15, 0.2) is 0 Å². The maximum absolute atomic E-state index is 6.97. The standard InChI is InChI=1S/C60H56O4/c1-41-17-25-45(26-18-41)37-61-57-49-9-5-10-50(57)34-52-12-7-14-54(59(52)63-39-47-29-21-43(3)22-30-47)36-56-16-8-15-55(60(56)64-40-48-31-23-44(4)24-32-48)35-53-13-6-11-51(33-49)58(53)62-38-46-27-19-42(2)20-28-46/h5-32H,33-40H2,1-4H3. The summed E-state index contributed by atoms with van der Waals surface area (Å²) in [5, 5.41) is 0. The third-order valence-electron chi connectivity index (χ3n) is 12.3. The molecule has 0 spiro atoms. The molecule has 0 heterocycles. The van der Waals surface area contributed by atoms with Crippen LogP contribution in [0.2, 0.25) is 0 Å². The van der Waals surface area contributed by atoms with Gasteiger partial charge in [-0.15, -0.1) is 0 Å². The van der Waals surface area contributed by atoms with Gasteiger partial charge in [0.05, 0.1) is 0 Å². The van der Waals surface area contributed by atoms with E-state index in [0.717, 1.165) is 89.8 Å². The van der Waals surface area contributed by atoms with Gasteiger partial charge in [0.1, 0.15) is 49.4 Å². The lowest BCUT2D eigenvalue weighted by Gasteiger charge is -2.23. The Bertz CT molecular complexity index is 2360. The molecule has 0 unspecified atom stereocenters. The average molecular weight is 841 g/mol. The molecule has 0 N–H and O–H groups in total. The number of hydrogen-bond acceptors (Lipinski definition) is 4. The Kier molecular flexibility index (Phi) is 12.9. The zero-order valence-electron chi connectivity index (χ0n) is 37.5. The summed E-state index contributed by atoms with van der Waals surface area (Å²) in [7, 11) is 0. The molecule has 9 rings (SSSR count). The van der Waals surface area contributed by atoms with Gasteiger partial charge in [-0.2, -0.15) is 0 Å². The molecule has 4 heteroatoms. The Morgan fingerprint density at radius 1 is 0.250 bits per heavy atom. The van der Waals surface area contributed by atoms with Crippen molar-refractivity contribution in [3.8, 4) is 23.0 Å². The molecular weight excluding hydrogens is 785 g/mol. The van der Waals surface area contributed by atoms with Crippen LogP contribution in [-0.4, -0.2) is 0 Å². The summed E-state index contributed by atoms with van der Waals surface area (Å²) >= 11 is 0. The van der Waals surface area contributed by atoms with Crippen molar-refractivity contribution in [3.05, 3.63) is 259 Å². The van der Waals surface area contributed by atoms with Crippen molar-refractivity contribution in [2.24, 2.45) is 0 Å². The summed E-state index contributed by atoms with van der Waals surface area (Å²) < 4.78 is 27.9.